The van der Waals surface area contributed by atoms with Crippen LogP contribution in [0, 0.1) is 11.8 Å². The van der Waals surface area contributed by atoms with Gasteiger partial charge < -0.3 is 10.5 Å². The second kappa shape index (κ2) is 4.97. The molecule has 0 aliphatic heterocycles. The van der Waals surface area contributed by atoms with Crippen LogP contribution in [0.3, 0.4) is 0 Å². The smallest absolute Gasteiger partial charge is 0.0625 e. The van der Waals surface area contributed by atoms with E-state index in [1.807, 2.05) is 0 Å². The van der Waals surface area contributed by atoms with Crippen LogP contribution >= 0.6 is 0 Å². The molecule has 2 atom stereocenters. The van der Waals surface area contributed by atoms with Crippen molar-refractivity contribution in [1.29, 1.82) is 0 Å². The molecule has 2 nitrogen and oxygen atoms in total. The van der Waals surface area contributed by atoms with Gasteiger partial charge in [-0.1, -0.05) is 20.8 Å². The van der Waals surface area contributed by atoms with E-state index in [1.165, 1.54) is 0 Å². The van der Waals surface area contributed by atoms with Gasteiger partial charge in [0.1, 0.15) is 0 Å². The Labute approximate surface area is 82.8 Å². The van der Waals surface area contributed by atoms with E-state index in [-0.39, 0.29) is 11.6 Å². The predicted octanol–water partition coefficient (Wildman–Crippen LogP) is 2.42. The molecule has 0 aromatic carbocycles. The van der Waals surface area contributed by atoms with E-state index >= 15 is 0 Å². The van der Waals surface area contributed by atoms with Gasteiger partial charge in [0, 0.05) is 13.2 Å². The summed E-state index contributed by atoms with van der Waals surface area (Å²) < 4.78 is 5.38. The van der Waals surface area contributed by atoms with Crippen LogP contribution in [0.25, 0.3) is 0 Å². The Kier molecular flexibility index (Phi) is 4.93. The fourth-order valence-corrected chi connectivity index (χ4v) is 1.65. The molecule has 0 spiro atoms. The average Bonchev–Trinajstić information content (AvgIpc) is 2.02. The quantitative estimate of drug-likeness (QED) is 0.717. The molecule has 80 valence electrons. The van der Waals surface area contributed by atoms with Gasteiger partial charge in [0.2, 0.25) is 0 Å². The number of ether oxygens (including phenoxy) is 1. The number of hydrogen-bond acceptors (Lipinski definition) is 2. The Bertz CT molecular complexity index is 143. The molecular formula is C11H25NO. The first-order valence-corrected chi connectivity index (χ1v) is 5.11. The molecule has 0 fully saturated rings. The maximum atomic E-state index is 6.07. The minimum Gasteiger partial charge on any atom is -0.379 e. The van der Waals surface area contributed by atoms with Crippen LogP contribution in [0.1, 0.15) is 41.0 Å². The minimum atomic E-state index is -0.0497. The largest absolute Gasteiger partial charge is 0.379 e. The zero-order chi connectivity index (χ0) is 10.6. The van der Waals surface area contributed by atoms with Crippen LogP contribution in [0.2, 0.25) is 0 Å². The first-order valence-electron chi connectivity index (χ1n) is 5.11. The van der Waals surface area contributed by atoms with Crippen LogP contribution in [0.15, 0.2) is 0 Å². The molecule has 0 saturated carbocycles. The number of hydrogen-bond donors (Lipinski definition) is 1. The van der Waals surface area contributed by atoms with Gasteiger partial charge in [0.15, 0.2) is 0 Å². The highest BCUT2D eigenvalue weighted by Crippen LogP contribution is 2.23. The van der Waals surface area contributed by atoms with Crippen molar-refractivity contribution in [3.63, 3.8) is 0 Å². The number of methoxy groups -OCH3 is 1. The van der Waals surface area contributed by atoms with Gasteiger partial charge in [0.05, 0.1) is 5.60 Å². The molecule has 0 amide bonds. The Morgan fingerprint density at radius 1 is 1.23 bits per heavy atom. The van der Waals surface area contributed by atoms with Crippen LogP contribution in [0.4, 0.5) is 0 Å². The molecule has 0 rings (SSSR count). The highest BCUT2D eigenvalue weighted by Gasteiger charge is 2.25. The van der Waals surface area contributed by atoms with Crippen molar-refractivity contribution in [3.05, 3.63) is 0 Å². The zero-order valence-electron chi connectivity index (χ0n) is 9.92. The summed E-state index contributed by atoms with van der Waals surface area (Å²) in [7, 11) is 1.76. The number of nitrogens with two attached hydrogens (primary N) is 1. The van der Waals surface area contributed by atoms with Gasteiger partial charge in [-0.15, -0.1) is 0 Å². The van der Waals surface area contributed by atoms with Crippen molar-refractivity contribution < 1.29 is 4.74 Å². The van der Waals surface area contributed by atoms with E-state index in [1.54, 1.807) is 7.11 Å². The topological polar surface area (TPSA) is 35.2 Å². The second-order valence-electron chi connectivity index (χ2n) is 4.97. The summed E-state index contributed by atoms with van der Waals surface area (Å²) in [6.07, 6.45) is 1.02. The Morgan fingerprint density at radius 3 is 2.00 bits per heavy atom. The molecule has 0 aromatic heterocycles. The summed E-state index contributed by atoms with van der Waals surface area (Å²) in [5, 5.41) is 0. The van der Waals surface area contributed by atoms with Crippen molar-refractivity contribution in [1.82, 2.24) is 0 Å². The lowest BCUT2D eigenvalue weighted by atomic mass is 9.85. The second-order valence-corrected chi connectivity index (χ2v) is 4.97. The van der Waals surface area contributed by atoms with Gasteiger partial charge in [-0.3, -0.25) is 0 Å². The van der Waals surface area contributed by atoms with Gasteiger partial charge in [-0.2, -0.15) is 0 Å². The Morgan fingerprint density at radius 2 is 1.69 bits per heavy atom. The summed E-state index contributed by atoms with van der Waals surface area (Å²) in [6.45, 7) is 10.8. The molecule has 0 saturated heterocycles. The molecule has 0 bridgehead atoms. The van der Waals surface area contributed by atoms with E-state index in [0.717, 1.165) is 6.42 Å². The monoisotopic (exact) mass is 187 g/mol. The molecule has 13 heavy (non-hydrogen) atoms. The van der Waals surface area contributed by atoms with E-state index < -0.39 is 0 Å². The lowest BCUT2D eigenvalue weighted by molar-refractivity contribution is -0.000497. The Hall–Kier alpha value is -0.0800. The fourth-order valence-electron chi connectivity index (χ4n) is 1.65. The van der Waals surface area contributed by atoms with Crippen molar-refractivity contribution >= 4 is 0 Å². The average molecular weight is 187 g/mol. The van der Waals surface area contributed by atoms with Gasteiger partial charge in [-0.05, 0) is 32.1 Å². The standard InChI is InChI=1S/C11H25NO/c1-8(2)10(12)9(3)7-11(4,5)13-6/h8-10H,7,12H2,1-6H3. The van der Waals surface area contributed by atoms with E-state index in [9.17, 15) is 0 Å². The van der Waals surface area contributed by atoms with Crippen LogP contribution in [-0.2, 0) is 4.74 Å². The lowest BCUT2D eigenvalue weighted by Crippen LogP contribution is -2.38. The normalized spacial score (nSPS) is 17.5. The summed E-state index contributed by atoms with van der Waals surface area (Å²) in [4.78, 5) is 0. The van der Waals surface area contributed by atoms with Gasteiger partial charge in [-0.25, -0.2) is 0 Å². The number of rotatable bonds is 5. The van der Waals surface area contributed by atoms with Crippen LogP contribution in [-0.4, -0.2) is 18.8 Å². The van der Waals surface area contributed by atoms with Crippen molar-refractivity contribution in [2.45, 2.75) is 52.7 Å². The van der Waals surface area contributed by atoms with Crippen molar-refractivity contribution in [2.75, 3.05) is 7.11 Å². The van der Waals surface area contributed by atoms with Crippen molar-refractivity contribution in [3.8, 4) is 0 Å². The molecule has 0 aliphatic carbocycles. The molecule has 0 aromatic rings. The van der Waals surface area contributed by atoms with Gasteiger partial charge >= 0.3 is 0 Å². The molecule has 2 N–H and O–H groups in total. The fraction of sp³-hybridized carbons (Fsp3) is 1.00. The van der Waals surface area contributed by atoms with E-state index in [2.05, 4.69) is 34.6 Å². The SMILES string of the molecule is COC(C)(C)CC(C)C(N)C(C)C. The van der Waals surface area contributed by atoms with Gasteiger partial charge in [0.25, 0.3) is 0 Å². The van der Waals surface area contributed by atoms with E-state index in [4.69, 9.17) is 10.5 Å². The van der Waals surface area contributed by atoms with Crippen LogP contribution in [0.5, 0.6) is 0 Å². The minimum absolute atomic E-state index is 0.0497. The highest BCUT2D eigenvalue weighted by atomic mass is 16.5. The van der Waals surface area contributed by atoms with E-state index in [0.29, 0.717) is 11.8 Å². The summed E-state index contributed by atoms with van der Waals surface area (Å²) in [6, 6.07) is 0.273. The molecule has 2 unspecified atom stereocenters. The lowest BCUT2D eigenvalue weighted by Gasteiger charge is -2.31. The highest BCUT2D eigenvalue weighted by molar-refractivity contribution is 4.79. The maximum absolute atomic E-state index is 6.07. The molecule has 0 radical (unpaired) electrons. The molecule has 0 heterocycles. The molecular weight excluding hydrogens is 162 g/mol. The summed E-state index contributed by atoms with van der Waals surface area (Å²) >= 11 is 0. The summed E-state index contributed by atoms with van der Waals surface area (Å²) in [5.74, 6) is 1.05. The zero-order valence-corrected chi connectivity index (χ0v) is 9.92. The first kappa shape index (κ1) is 12.9. The molecule has 0 aliphatic rings. The Balaban J connectivity index is 4.06. The third-order valence-electron chi connectivity index (χ3n) is 2.79. The maximum Gasteiger partial charge on any atom is 0.0625 e. The molecule has 2 heteroatoms. The summed E-state index contributed by atoms with van der Waals surface area (Å²) in [5.41, 5.74) is 6.02. The third-order valence-corrected chi connectivity index (χ3v) is 2.79. The first-order chi connectivity index (χ1) is 5.80. The predicted molar refractivity (Wildman–Crippen MR) is 57.7 cm³/mol. The van der Waals surface area contributed by atoms with Crippen LogP contribution < -0.4 is 5.73 Å². The third kappa shape index (κ3) is 4.63. The van der Waals surface area contributed by atoms with Crippen molar-refractivity contribution in [2.24, 2.45) is 17.6 Å².